The molecule has 0 bridgehead atoms. The zero-order valence-corrected chi connectivity index (χ0v) is 12.9. The lowest BCUT2D eigenvalue weighted by molar-refractivity contribution is 0.443. The van der Waals surface area contributed by atoms with Crippen LogP contribution < -0.4 is 10.6 Å². The zero-order chi connectivity index (χ0) is 14.7. The first-order valence-electron chi connectivity index (χ1n) is 7.85. The summed E-state index contributed by atoms with van der Waals surface area (Å²) in [6.45, 7) is 6.43. The average molecular weight is 280 g/mol. The van der Waals surface area contributed by atoms with Crippen molar-refractivity contribution in [2.45, 2.75) is 38.9 Å². The second-order valence-corrected chi connectivity index (χ2v) is 6.02. The van der Waals surface area contributed by atoms with E-state index in [0.29, 0.717) is 12.1 Å². The molecule has 0 saturated carbocycles. The molecule has 0 aromatic heterocycles. The maximum Gasteiger partial charge on any atom is 0.0340 e. The zero-order valence-electron chi connectivity index (χ0n) is 12.9. The van der Waals surface area contributed by atoms with Crippen molar-refractivity contribution >= 4 is 0 Å². The first kappa shape index (κ1) is 14.3. The van der Waals surface area contributed by atoms with E-state index in [-0.39, 0.29) is 0 Å². The standard InChI is InChI=1S/C19H24N2/c1-14-7-9-16(10-8-14)15(2)21-19-11-12-20-13-17-5-3-4-6-18(17)19/h3-10,15,19-21H,11-13H2,1-2H3/t15-,19?/m1/s1. The summed E-state index contributed by atoms with van der Waals surface area (Å²) >= 11 is 0. The highest BCUT2D eigenvalue weighted by Crippen LogP contribution is 2.26. The third kappa shape index (κ3) is 3.34. The van der Waals surface area contributed by atoms with E-state index in [2.05, 4.69) is 73.0 Å². The molecule has 2 N–H and O–H groups in total. The summed E-state index contributed by atoms with van der Waals surface area (Å²) in [5, 5.41) is 7.32. The van der Waals surface area contributed by atoms with Crippen molar-refractivity contribution in [1.82, 2.24) is 10.6 Å². The summed E-state index contributed by atoms with van der Waals surface area (Å²) in [4.78, 5) is 0. The number of nitrogens with one attached hydrogen (secondary N) is 2. The largest absolute Gasteiger partial charge is 0.313 e. The van der Waals surface area contributed by atoms with Crippen molar-refractivity contribution in [3.63, 3.8) is 0 Å². The van der Waals surface area contributed by atoms with Gasteiger partial charge < -0.3 is 10.6 Å². The van der Waals surface area contributed by atoms with Gasteiger partial charge in [0.05, 0.1) is 0 Å². The monoisotopic (exact) mass is 280 g/mol. The van der Waals surface area contributed by atoms with Gasteiger partial charge in [-0.3, -0.25) is 0 Å². The number of fused-ring (bicyclic) bond motifs is 1. The molecule has 2 aromatic rings. The van der Waals surface area contributed by atoms with E-state index in [0.717, 1.165) is 19.5 Å². The van der Waals surface area contributed by atoms with E-state index in [1.54, 1.807) is 0 Å². The van der Waals surface area contributed by atoms with Crippen LogP contribution in [-0.4, -0.2) is 6.54 Å². The second kappa shape index (κ2) is 6.42. The van der Waals surface area contributed by atoms with Crippen molar-refractivity contribution in [2.75, 3.05) is 6.54 Å². The first-order chi connectivity index (χ1) is 10.2. The number of aryl methyl sites for hydroxylation is 1. The maximum absolute atomic E-state index is 3.81. The molecule has 1 heterocycles. The Morgan fingerprint density at radius 1 is 1.10 bits per heavy atom. The topological polar surface area (TPSA) is 24.1 Å². The molecule has 2 heteroatoms. The lowest BCUT2D eigenvalue weighted by Gasteiger charge is -2.24. The molecule has 2 atom stereocenters. The number of hydrogen-bond acceptors (Lipinski definition) is 2. The molecule has 21 heavy (non-hydrogen) atoms. The minimum absolute atomic E-state index is 0.363. The van der Waals surface area contributed by atoms with Gasteiger partial charge in [-0.2, -0.15) is 0 Å². The highest BCUT2D eigenvalue weighted by atomic mass is 15.0. The molecule has 110 valence electrons. The van der Waals surface area contributed by atoms with Crippen molar-refractivity contribution in [3.05, 3.63) is 70.8 Å². The van der Waals surface area contributed by atoms with Gasteiger partial charge in [0, 0.05) is 18.6 Å². The van der Waals surface area contributed by atoms with Crippen molar-refractivity contribution in [3.8, 4) is 0 Å². The molecule has 3 rings (SSSR count). The van der Waals surface area contributed by atoms with Crippen molar-refractivity contribution in [2.24, 2.45) is 0 Å². The Morgan fingerprint density at radius 3 is 2.67 bits per heavy atom. The Morgan fingerprint density at radius 2 is 1.86 bits per heavy atom. The number of rotatable bonds is 3. The van der Waals surface area contributed by atoms with Crippen molar-refractivity contribution in [1.29, 1.82) is 0 Å². The second-order valence-electron chi connectivity index (χ2n) is 6.02. The highest BCUT2D eigenvalue weighted by molar-refractivity contribution is 5.32. The Labute approximate surface area is 127 Å². The highest BCUT2D eigenvalue weighted by Gasteiger charge is 2.19. The molecular formula is C19H24N2. The maximum atomic E-state index is 3.81. The van der Waals surface area contributed by atoms with Crippen LogP contribution in [0.15, 0.2) is 48.5 Å². The predicted octanol–water partition coefficient (Wildman–Crippen LogP) is 3.88. The van der Waals surface area contributed by atoms with Gasteiger partial charge in [0.25, 0.3) is 0 Å². The molecule has 0 fully saturated rings. The van der Waals surface area contributed by atoms with E-state index in [1.165, 1.54) is 22.3 Å². The molecule has 1 aliphatic heterocycles. The summed E-state index contributed by atoms with van der Waals surface area (Å²) in [6.07, 6.45) is 1.13. The number of benzene rings is 2. The third-order valence-corrected chi connectivity index (χ3v) is 4.38. The van der Waals surface area contributed by atoms with Crippen LogP contribution in [0.25, 0.3) is 0 Å². The fraction of sp³-hybridized carbons (Fsp3) is 0.368. The summed E-state index contributed by atoms with van der Waals surface area (Å²) in [6, 6.07) is 18.4. The molecule has 2 aromatic carbocycles. The lowest BCUT2D eigenvalue weighted by Crippen LogP contribution is -2.26. The molecular weight excluding hydrogens is 256 g/mol. The third-order valence-electron chi connectivity index (χ3n) is 4.38. The molecule has 0 radical (unpaired) electrons. The Hall–Kier alpha value is -1.64. The van der Waals surface area contributed by atoms with Gasteiger partial charge in [0.15, 0.2) is 0 Å². The molecule has 0 aliphatic carbocycles. The van der Waals surface area contributed by atoms with Gasteiger partial charge in [-0.25, -0.2) is 0 Å². The normalized spacial score (nSPS) is 19.6. The van der Waals surface area contributed by atoms with Gasteiger partial charge in [-0.15, -0.1) is 0 Å². The van der Waals surface area contributed by atoms with E-state index in [4.69, 9.17) is 0 Å². The Kier molecular flexibility index (Phi) is 4.37. The van der Waals surface area contributed by atoms with Crippen LogP contribution in [0.2, 0.25) is 0 Å². The van der Waals surface area contributed by atoms with Gasteiger partial charge in [0.1, 0.15) is 0 Å². The number of hydrogen-bond donors (Lipinski definition) is 2. The molecule has 0 saturated heterocycles. The van der Waals surface area contributed by atoms with Crippen LogP contribution in [0, 0.1) is 6.92 Å². The summed E-state index contributed by atoms with van der Waals surface area (Å²) < 4.78 is 0. The van der Waals surface area contributed by atoms with Crippen LogP contribution in [0.5, 0.6) is 0 Å². The van der Waals surface area contributed by atoms with Crippen LogP contribution in [0.1, 0.15) is 47.7 Å². The first-order valence-corrected chi connectivity index (χ1v) is 7.85. The fourth-order valence-corrected chi connectivity index (χ4v) is 3.09. The molecule has 1 aliphatic rings. The van der Waals surface area contributed by atoms with Crippen LogP contribution in [0.3, 0.4) is 0 Å². The van der Waals surface area contributed by atoms with E-state index in [1.807, 2.05) is 0 Å². The predicted molar refractivity (Wildman–Crippen MR) is 88.2 cm³/mol. The summed E-state index contributed by atoms with van der Waals surface area (Å²) in [5.74, 6) is 0. The summed E-state index contributed by atoms with van der Waals surface area (Å²) in [5.41, 5.74) is 5.54. The quantitative estimate of drug-likeness (QED) is 0.891. The van der Waals surface area contributed by atoms with Gasteiger partial charge >= 0.3 is 0 Å². The average Bonchev–Trinajstić information content (AvgIpc) is 2.71. The van der Waals surface area contributed by atoms with Crippen LogP contribution in [-0.2, 0) is 6.54 Å². The smallest absolute Gasteiger partial charge is 0.0340 e. The molecule has 2 nitrogen and oxygen atoms in total. The van der Waals surface area contributed by atoms with Crippen molar-refractivity contribution < 1.29 is 0 Å². The Bertz CT molecular complexity index is 589. The Balaban J connectivity index is 1.79. The van der Waals surface area contributed by atoms with E-state index >= 15 is 0 Å². The lowest BCUT2D eigenvalue weighted by atomic mass is 9.97. The summed E-state index contributed by atoms with van der Waals surface area (Å²) in [7, 11) is 0. The van der Waals surface area contributed by atoms with E-state index < -0.39 is 0 Å². The minimum Gasteiger partial charge on any atom is -0.313 e. The van der Waals surface area contributed by atoms with Crippen LogP contribution >= 0.6 is 0 Å². The van der Waals surface area contributed by atoms with Gasteiger partial charge in [0.2, 0.25) is 0 Å². The molecule has 1 unspecified atom stereocenters. The van der Waals surface area contributed by atoms with Crippen LogP contribution in [0.4, 0.5) is 0 Å². The molecule has 0 spiro atoms. The molecule has 0 amide bonds. The van der Waals surface area contributed by atoms with E-state index in [9.17, 15) is 0 Å². The SMILES string of the molecule is Cc1ccc([C@@H](C)NC2CCNCc3ccccc32)cc1. The minimum atomic E-state index is 0.363. The fourth-order valence-electron chi connectivity index (χ4n) is 3.09. The van der Waals surface area contributed by atoms with Gasteiger partial charge in [-0.1, -0.05) is 54.1 Å². The van der Waals surface area contributed by atoms with Gasteiger partial charge in [-0.05, 0) is 43.5 Å².